The molecule has 10 nitrogen and oxygen atoms in total. The van der Waals surface area contributed by atoms with Crippen LogP contribution >= 0.6 is 23.2 Å². The molecule has 0 unspecified atom stereocenters. The van der Waals surface area contributed by atoms with Crippen molar-refractivity contribution in [3.05, 3.63) is 62.1 Å². The number of nitrogens with two attached hydrogens (primary N) is 1. The summed E-state index contributed by atoms with van der Waals surface area (Å²) in [5, 5.41) is 12.9. The van der Waals surface area contributed by atoms with Crippen LogP contribution in [0.5, 0.6) is 5.75 Å². The maximum Gasteiger partial charge on any atom is 0.422 e. The standard InChI is InChI=1S/C17H15Cl2N5O5/c18-13-7-11(20)8-14(19)15(13)22-16-21-4-5-23(16)17(25)29-12-3-1-2-10(6-12)9-28-24(26)27/h1-3,6-8H,4-5,9,20H2,(H,21,22). The van der Waals surface area contributed by atoms with E-state index >= 15 is 0 Å². The molecule has 0 radical (unpaired) electrons. The molecule has 12 heteroatoms. The molecule has 1 saturated heterocycles. The minimum absolute atomic E-state index is 0.203. The molecule has 152 valence electrons. The molecule has 3 N–H and O–H groups in total. The van der Waals surface area contributed by atoms with Gasteiger partial charge in [0.2, 0.25) is 5.96 Å². The molecule has 0 atom stereocenters. The summed E-state index contributed by atoms with van der Waals surface area (Å²) in [6.07, 6.45) is -0.691. The largest absolute Gasteiger partial charge is 0.422 e. The quantitative estimate of drug-likeness (QED) is 0.414. The number of guanidine groups is 1. The number of amides is 1. The molecule has 1 fully saturated rings. The van der Waals surface area contributed by atoms with Crippen LogP contribution in [0.25, 0.3) is 0 Å². The number of carbonyl (C=O) groups is 1. The van der Waals surface area contributed by atoms with Gasteiger partial charge in [0.1, 0.15) is 18.0 Å². The molecular weight excluding hydrogens is 425 g/mol. The van der Waals surface area contributed by atoms with Gasteiger partial charge in [0, 0.05) is 18.8 Å². The van der Waals surface area contributed by atoms with Crippen LogP contribution in [0.15, 0.2) is 41.4 Å². The normalized spacial score (nSPS) is 14.6. The van der Waals surface area contributed by atoms with Crippen molar-refractivity contribution in [2.45, 2.75) is 6.61 Å². The van der Waals surface area contributed by atoms with Crippen LogP contribution in [-0.2, 0) is 11.4 Å². The number of anilines is 1. The Hall–Kier alpha value is -3.24. The van der Waals surface area contributed by atoms with Crippen LogP contribution in [0.2, 0.25) is 10.0 Å². The van der Waals surface area contributed by atoms with Gasteiger partial charge >= 0.3 is 6.09 Å². The first-order valence-corrected chi connectivity index (χ1v) is 9.02. The van der Waals surface area contributed by atoms with Crippen molar-refractivity contribution in [3.8, 4) is 5.75 Å². The third-order valence-electron chi connectivity index (χ3n) is 3.79. The Balaban J connectivity index is 1.76. The Morgan fingerprint density at radius 2 is 2.03 bits per heavy atom. The lowest BCUT2D eigenvalue weighted by Gasteiger charge is -2.16. The van der Waals surface area contributed by atoms with Gasteiger partial charge in [-0.15, -0.1) is 10.1 Å². The Morgan fingerprint density at radius 1 is 1.31 bits per heavy atom. The summed E-state index contributed by atoms with van der Waals surface area (Å²) < 4.78 is 5.35. The molecule has 0 saturated carbocycles. The summed E-state index contributed by atoms with van der Waals surface area (Å²) >= 11 is 12.3. The molecule has 0 aliphatic carbocycles. The van der Waals surface area contributed by atoms with Crippen molar-refractivity contribution < 1.29 is 19.5 Å². The fourth-order valence-corrected chi connectivity index (χ4v) is 3.13. The Morgan fingerprint density at radius 3 is 2.72 bits per heavy atom. The van der Waals surface area contributed by atoms with E-state index in [2.05, 4.69) is 15.1 Å². The summed E-state index contributed by atoms with van der Waals surface area (Å²) in [6, 6.07) is 9.21. The van der Waals surface area contributed by atoms with Gasteiger partial charge in [-0.2, -0.15) is 0 Å². The van der Waals surface area contributed by atoms with E-state index in [9.17, 15) is 14.9 Å². The fourth-order valence-electron chi connectivity index (χ4n) is 2.54. The zero-order valence-corrected chi connectivity index (χ0v) is 16.3. The van der Waals surface area contributed by atoms with E-state index in [0.717, 1.165) is 0 Å². The second kappa shape index (κ2) is 8.84. The summed E-state index contributed by atoms with van der Waals surface area (Å²) in [5.74, 6) is 0.422. The van der Waals surface area contributed by atoms with Crippen molar-refractivity contribution in [2.75, 3.05) is 18.8 Å². The maximum atomic E-state index is 12.6. The van der Waals surface area contributed by atoms with Crippen LogP contribution in [0, 0.1) is 10.1 Å². The molecule has 0 bridgehead atoms. The first-order chi connectivity index (χ1) is 13.8. The summed E-state index contributed by atoms with van der Waals surface area (Å²) in [5.41, 5.74) is 6.81. The van der Waals surface area contributed by atoms with Gasteiger partial charge in [-0.3, -0.25) is 0 Å². The van der Waals surface area contributed by atoms with Crippen molar-refractivity contribution in [1.82, 2.24) is 10.2 Å². The first-order valence-electron chi connectivity index (χ1n) is 8.26. The topological polar surface area (TPSA) is 132 Å². The zero-order valence-electron chi connectivity index (χ0n) is 14.8. The van der Waals surface area contributed by atoms with Gasteiger partial charge in [-0.25, -0.2) is 14.7 Å². The van der Waals surface area contributed by atoms with E-state index in [-0.39, 0.29) is 34.0 Å². The number of aliphatic imine (C=N–C) groups is 1. The van der Waals surface area contributed by atoms with Gasteiger partial charge in [-0.1, -0.05) is 35.3 Å². The summed E-state index contributed by atoms with van der Waals surface area (Å²) in [6.45, 7) is 0.505. The average molecular weight is 440 g/mol. The average Bonchev–Trinajstić information content (AvgIpc) is 3.12. The number of hydrogen-bond acceptors (Lipinski definition) is 7. The van der Waals surface area contributed by atoms with Gasteiger partial charge in [0.05, 0.1) is 10.0 Å². The molecule has 1 amide bonds. The highest BCUT2D eigenvalue weighted by molar-refractivity contribution is 6.39. The molecule has 0 aromatic heterocycles. The number of carbonyl (C=O) groups excluding carboxylic acids is 1. The minimum Gasteiger partial charge on any atom is -0.410 e. The SMILES string of the molecule is Nc1cc(Cl)c(/N=C2\NCCN2C(=O)Oc2cccc(CO[N+](=O)[O-])c2)c(Cl)c1. The monoisotopic (exact) mass is 439 g/mol. The molecule has 2 aromatic carbocycles. The zero-order chi connectivity index (χ0) is 21.0. The first kappa shape index (κ1) is 20.5. The number of hydrogen-bond donors (Lipinski definition) is 2. The fraction of sp³-hybridized carbons (Fsp3) is 0.176. The van der Waals surface area contributed by atoms with Gasteiger partial charge in [0.15, 0.2) is 0 Å². The number of benzene rings is 2. The van der Waals surface area contributed by atoms with Crippen LogP contribution in [0.4, 0.5) is 16.2 Å². The Bertz CT molecular complexity index is 961. The predicted molar refractivity (Wildman–Crippen MR) is 107 cm³/mol. The van der Waals surface area contributed by atoms with Gasteiger partial charge in [0.25, 0.3) is 5.09 Å². The summed E-state index contributed by atoms with van der Waals surface area (Å²) in [4.78, 5) is 32.8. The molecule has 1 heterocycles. The highest BCUT2D eigenvalue weighted by Gasteiger charge is 2.27. The third kappa shape index (κ3) is 5.18. The number of rotatable bonds is 5. The van der Waals surface area contributed by atoms with E-state index in [1.54, 1.807) is 18.2 Å². The molecule has 2 aromatic rings. The third-order valence-corrected chi connectivity index (χ3v) is 4.37. The Kier molecular flexibility index (Phi) is 6.25. The Labute approximate surface area is 174 Å². The van der Waals surface area contributed by atoms with Crippen molar-refractivity contribution in [1.29, 1.82) is 0 Å². The number of nitrogens with zero attached hydrogens (tertiary/aromatic N) is 3. The number of halogens is 2. The van der Waals surface area contributed by atoms with Crippen LogP contribution in [0.1, 0.15) is 5.56 Å². The van der Waals surface area contributed by atoms with Crippen LogP contribution < -0.4 is 15.8 Å². The lowest BCUT2D eigenvalue weighted by atomic mass is 10.2. The maximum absolute atomic E-state index is 12.6. The molecule has 3 rings (SSSR count). The van der Waals surface area contributed by atoms with E-state index in [0.29, 0.717) is 24.3 Å². The molecule has 0 spiro atoms. The van der Waals surface area contributed by atoms with E-state index in [1.807, 2.05) is 0 Å². The second-order valence-corrected chi connectivity index (χ2v) is 6.67. The van der Waals surface area contributed by atoms with Crippen LogP contribution in [0.3, 0.4) is 0 Å². The van der Waals surface area contributed by atoms with Gasteiger partial charge < -0.3 is 20.6 Å². The minimum atomic E-state index is -0.898. The second-order valence-electron chi connectivity index (χ2n) is 5.86. The lowest BCUT2D eigenvalue weighted by molar-refractivity contribution is -0.763. The smallest absolute Gasteiger partial charge is 0.410 e. The van der Waals surface area contributed by atoms with E-state index in [4.69, 9.17) is 33.7 Å². The lowest BCUT2D eigenvalue weighted by Crippen LogP contribution is -2.37. The van der Waals surface area contributed by atoms with Crippen molar-refractivity contribution in [3.63, 3.8) is 0 Å². The molecule has 1 aliphatic heterocycles. The van der Waals surface area contributed by atoms with E-state index < -0.39 is 11.2 Å². The van der Waals surface area contributed by atoms with Gasteiger partial charge in [-0.05, 0) is 29.8 Å². The van der Waals surface area contributed by atoms with Crippen molar-refractivity contribution in [2.24, 2.45) is 4.99 Å². The van der Waals surface area contributed by atoms with Crippen LogP contribution in [-0.4, -0.2) is 35.1 Å². The predicted octanol–water partition coefficient (Wildman–Crippen LogP) is 3.38. The number of nitrogen functional groups attached to an aromatic ring is 1. The highest BCUT2D eigenvalue weighted by Crippen LogP contribution is 2.35. The number of ether oxygens (including phenoxy) is 1. The molecule has 1 aliphatic rings. The number of nitrogens with one attached hydrogen (secondary N) is 1. The molecule has 29 heavy (non-hydrogen) atoms. The van der Waals surface area contributed by atoms with E-state index in [1.165, 1.54) is 23.1 Å². The van der Waals surface area contributed by atoms with Crippen molar-refractivity contribution >= 4 is 46.6 Å². The summed E-state index contributed by atoms with van der Waals surface area (Å²) in [7, 11) is 0. The molecular formula is C17H15Cl2N5O5. The highest BCUT2D eigenvalue weighted by atomic mass is 35.5.